The average molecular weight is 274 g/mol. The van der Waals surface area contributed by atoms with Crippen LogP contribution in [0, 0.1) is 11.8 Å². The average Bonchev–Trinajstić information content (AvgIpc) is 2.45. The van der Waals surface area contributed by atoms with Crippen molar-refractivity contribution < 1.29 is 4.79 Å². The maximum absolute atomic E-state index is 12.4. The van der Waals surface area contributed by atoms with Crippen LogP contribution in [0.2, 0.25) is 0 Å². The number of hydrogen-bond donors (Lipinski definition) is 2. The Kier molecular flexibility index (Phi) is 5.18. The first-order valence-corrected chi connectivity index (χ1v) is 7.73. The van der Waals surface area contributed by atoms with Gasteiger partial charge in [-0.05, 0) is 55.2 Å². The number of amides is 1. The second kappa shape index (κ2) is 6.89. The maximum atomic E-state index is 12.4. The van der Waals surface area contributed by atoms with Crippen LogP contribution in [-0.2, 0) is 17.6 Å². The van der Waals surface area contributed by atoms with Gasteiger partial charge in [-0.2, -0.15) is 0 Å². The molecule has 0 saturated heterocycles. The number of carbonyl (C=O) groups is 1. The smallest absolute Gasteiger partial charge is 0.228 e. The van der Waals surface area contributed by atoms with Crippen LogP contribution in [0.1, 0.15) is 44.2 Å². The third-order valence-electron chi connectivity index (χ3n) is 4.07. The predicted molar refractivity (Wildman–Crippen MR) is 83.7 cm³/mol. The van der Waals surface area contributed by atoms with E-state index in [1.165, 1.54) is 24.0 Å². The van der Waals surface area contributed by atoms with E-state index < -0.39 is 0 Å². The maximum Gasteiger partial charge on any atom is 0.228 e. The number of nitrogens with two attached hydrogens (primary N) is 1. The first kappa shape index (κ1) is 15.0. The lowest BCUT2D eigenvalue weighted by atomic mass is 9.90. The van der Waals surface area contributed by atoms with Crippen LogP contribution in [-0.4, -0.2) is 12.5 Å². The zero-order chi connectivity index (χ0) is 14.5. The summed E-state index contributed by atoms with van der Waals surface area (Å²) in [7, 11) is 0. The van der Waals surface area contributed by atoms with E-state index in [9.17, 15) is 4.79 Å². The quantitative estimate of drug-likeness (QED) is 0.866. The van der Waals surface area contributed by atoms with Crippen molar-refractivity contribution in [3.8, 4) is 0 Å². The van der Waals surface area contributed by atoms with Gasteiger partial charge in [0.1, 0.15) is 0 Å². The van der Waals surface area contributed by atoms with Gasteiger partial charge in [0, 0.05) is 12.2 Å². The minimum atomic E-state index is -0.0885. The van der Waals surface area contributed by atoms with E-state index in [4.69, 9.17) is 5.73 Å². The zero-order valence-electron chi connectivity index (χ0n) is 12.6. The highest BCUT2D eigenvalue weighted by molar-refractivity contribution is 5.93. The van der Waals surface area contributed by atoms with E-state index in [0.717, 1.165) is 24.9 Å². The molecule has 1 aliphatic carbocycles. The number of anilines is 1. The second-order valence-electron chi connectivity index (χ2n) is 6.20. The lowest BCUT2D eigenvalue weighted by molar-refractivity contribution is -0.120. The van der Waals surface area contributed by atoms with Gasteiger partial charge in [0.15, 0.2) is 0 Å². The molecule has 0 radical (unpaired) electrons. The highest BCUT2D eigenvalue weighted by atomic mass is 16.1. The third-order valence-corrected chi connectivity index (χ3v) is 4.07. The molecule has 0 heterocycles. The minimum Gasteiger partial charge on any atom is -0.330 e. The van der Waals surface area contributed by atoms with Crippen molar-refractivity contribution in [3.05, 3.63) is 29.3 Å². The van der Waals surface area contributed by atoms with E-state index in [2.05, 4.69) is 25.2 Å². The Labute approximate surface area is 121 Å². The molecule has 1 aromatic carbocycles. The molecule has 0 bridgehead atoms. The van der Waals surface area contributed by atoms with Crippen LogP contribution in [0.15, 0.2) is 18.2 Å². The van der Waals surface area contributed by atoms with E-state index in [0.29, 0.717) is 12.5 Å². The van der Waals surface area contributed by atoms with Gasteiger partial charge in [0.2, 0.25) is 5.91 Å². The largest absolute Gasteiger partial charge is 0.330 e. The molecule has 0 aromatic heterocycles. The number of fused-ring (bicyclic) bond motifs is 1. The van der Waals surface area contributed by atoms with Crippen molar-refractivity contribution in [2.45, 2.75) is 46.0 Å². The molecular weight excluding hydrogens is 248 g/mol. The zero-order valence-corrected chi connectivity index (χ0v) is 12.6. The standard InChI is InChI=1S/C17H26N2O/c1-12(2)10-14(11-18)17(20)19-16-9-5-7-13-6-3-4-8-15(13)16/h5,7,9,12,14H,3-4,6,8,10-11,18H2,1-2H3,(H,19,20). The number of hydrogen-bond acceptors (Lipinski definition) is 2. The van der Waals surface area contributed by atoms with E-state index in [1.54, 1.807) is 0 Å². The van der Waals surface area contributed by atoms with Gasteiger partial charge in [0.25, 0.3) is 0 Å². The van der Waals surface area contributed by atoms with E-state index in [-0.39, 0.29) is 11.8 Å². The summed E-state index contributed by atoms with van der Waals surface area (Å²) in [6.07, 6.45) is 5.52. The summed E-state index contributed by atoms with van der Waals surface area (Å²) in [6.45, 7) is 4.67. The molecule has 110 valence electrons. The lowest BCUT2D eigenvalue weighted by Crippen LogP contribution is -2.30. The molecule has 0 fully saturated rings. The van der Waals surface area contributed by atoms with Gasteiger partial charge < -0.3 is 11.1 Å². The number of aryl methyl sites for hydroxylation is 1. The molecule has 0 aliphatic heterocycles. The summed E-state index contributed by atoms with van der Waals surface area (Å²) in [5.41, 5.74) is 9.46. The van der Waals surface area contributed by atoms with Crippen molar-refractivity contribution >= 4 is 11.6 Å². The molecule has 1 amide bonds. The third kappa shape index (κ3) is 3.60. The lowest BCUT2D eigenvalue weighted by Gasteiger charge is -2.22. The molecule has 0 saturated carbocycles. The predicted octanol–water partition coefficient (Wildman–Crippen LogP) is 3.12. The molecule has 3 heteroatoms. The van der Waals surface area contributed by atoms with Crippen LogP contribution in [0.4, 0.5) is 5.69 Å². The Balaban J connectivity index is 2.11. The van der Waals surface area contributed by atoms with Gasteiger partial charge in [-0.15, -0.1) is 0 Å². The van der Waals surface area contributed by atoms with Crippen LogP contribution in [0.5, 0.6) is 0 Å². The van der Waals surface area contributed by atoms with Crippen LogP contribution in [0.3, 0.4) is 0 Å². The SMILES string of the molecule is CC(C)CC(CN)C(=O)Nc1cccc2c1CCCC2. The molecule has 1 atom stereocenters. The van der Waals surface area contributed by atoms with Crippen molar-refractivity contribution in [3.63, 3.8) is 0 Å². The first-order valence-electron chi connectivity index (χ1n) is 7.73. The normalized spacial score (nSPS) is 15.8. The highest BCUT2D eigenvalue weighted by Gasteiger charge is 2.20. The molecule has 2 rings (SSSR count). The minimum absolute atomic E-state index is 0.0696. The van der Waals surface area contributed by atoms with Gasteiger partial charge in [-0.3, -0.25) is 4.79 Å². The van der Waals surface area contributed by atoms with Gasteiger partial charge in [-0.1, -0.05) is 26.0 Å². The van der Waals surface area contributed by atoms with Crippen LogP contribution >= 0.6 is 0 Å². The van der Waals surface area contributed by atoms with Crippen LogP contribution in [0.25, 0.3) is 0 Å². The number of carbonyl (C=O) groups excluding carboxylic acids is 1. The Morgan fingerprint density at radius 3 is 2.75 bits per heavy atom. The fourth-order valence-electron chi connectivity index (χ4n) is 3.01. The molecule has 0 spiro atoms. The van der Waals surface area contributed by atoms with Crippen molar-refractivity contribution in [1.82, 2.24) is 0 Å². The van der Waals surface area contributed by atoms with Crippen LogP contribution < -0.4 is 11.1 Å². The summed E-state index contributed by atoms with van der Waals surface area (Å²) in [5.74, 6) is 0.466. The summed E-state index contributed by atoms with van der Waals surface area (Å²) < 4.78 is 0. The molecule has 20 heavy (non-hydrogen) atoms. The highest BCUT2D eigenvalue weighted by Crippen LogP contribution is 2.28. The van der Waals surface area contributed by atoms with Crippen molar-refractivity contribution in [1.29, 1.82) is 0 Å². The fourth-order valence-corrected chi connectivity index (χ4v) is 3.01. The Bertz CT molecular complexity index is 468. The fraction of sp³-hybridized carbons (Fsp3) is 0.588. The molecule has 1 aromatic rings. The number of rotatable bonds is 5. The Morgan fingerprint density at radius 1 is 1.30 bits per heavy atom. The van der Waals surface area contributed by atoms with E-state index in [1.807, 2.05) is 12.1 Å². The molecule has 1 unspecified atom stereocenters. The Hall–Kier alpha value is -1.35. The summed E-state index contributed by atoms with van der Waals surface area (Å²) in [6, 6.07) is 6.24. The van der Waals surface area contributed by atoms with Crippen molar-refractivity contribution in [2.24, 2.45) is 17.6 Å². The molecular formula is C17H26N2O. The summed E-state index contributed by atoms with van der Waals surface area (Å²) >= 11 is 0. The summed E-state index contributed by atoms with van der Waals surface area (Å²) in [4.78, 5) is 12.4. The second-order valence-corrected chi connectivity index (χ2v) is 6.20. The van der Waals surface area contributed by atoms with Gasteiger partial charge in [-0.25, -0.2) is 0 Å². The monoisotopic (exact) mass is 274 g/mol. The molecule has 1 aliphatic rings. The number of benzene rings is 1. The Morgan fingerprint density at radius 2 is 2.05 bits per heavy atom. The van der Waals surface area contributed by atoms with Gasteiger partial charge in [0.05, 0.1) is 5.92 Å². The molecule has 3 nitrogen and oxygen atoms in total. The summed E-state index contributed by atoms with van der Waals surface area (Å²) in [5, 5.41) is 3.11. The first-order chi connectivity index (χ1) is 9.61. The molecule has 3 N–H and O–H groups in total. The van der Waals surface area contributed by atoms with Gasteiger partial charge >= 0.3 is 0 Å². The van der Waals surface area contributed by atoms with Crippen molar-refractivity contribution in [2.75, 3.05) is 11.9 Å². The topological polar surface area (TPSA) is 55.1 Å². The number of nitrogens with one attached hydrogen (secondary N) is 1. The van der Waals surface area contributed by atoms with E-state index >= 15 is 0 Å².